The Morgan fingerprint density at radius 1 is 0.897 bits per heavy atom. The second-order valence-electron chi connectivity index (χ2n) is 6.87. The van der Waals surface area contributed by atoms with E-state index < -0.39 is 0 Å². The molecule has 0 amide bonds. The van der Waals surface area contributed by atoms with E-state index in [0.717, 1.165) is 41.1 Å². The van der Waals surface area contributed by atoms with Crippen LogP contribution in [-0.2, 0) is 0 Å². The summed E-state index contributed by atoms with van der Waals surface area (Å²) in [4.78, 5) is 4.35. The van der Waals surface area contributed by atoms with Crippen molar-refractivity contribution in [1.29, 1.82) is 0 Å². The molecule has 0 atom stereocenters. The third kappa shape index (κ3) is 4.22. The minimum absolute atomic E-state index is 0.428. The number of ether oxygens (including phenoxy) is 2. The molecular weight excluding hydrogens is 366 g/mol. The van der Waals surface area contributed by atoms with Gasteiger partial charge in [-0.3, -0.25) is 4.48 Å². The molecule has 0 saturated heterocycles. The third-order valence-electron chi connectivity index (χ3n) is 5.66. The summed E-state index contributed by atoms with van der Waals surface area (Å²) >= 11 is 0. The van der Waals surface area contributed by atoms with Crippen molar-refractivity contribution in [2.24, 2.45) is 0 Å². The van der Waals surface area contributed by atoms with E-state index in [2.05, 4.69) is 55.3 Å². The molecule has 0 unspecified atom stereocenters. The Morgan fingerprint density at radius 2 is 1.55 bits per heavy atom. The molecule has 2 aromatic carbocycles. The molecule has 0 spiro atoms. The first kappa shape index (κ1) is 20.7. The summed E-state index contributed by atoms with van der Waals surface area (Å²) in [7, 11) is 3.22. The van der Waals surface area contributed by atoms with Crippen molar-refractivity contribution in [3.8, 4) is 22.8 Å². The Kier molecular flexibility index (Phi) is 6.44. The number of hydrogen-bond acceptors (Lipinski definition) is 5. The van der Waals surface area contributed by atoms with Crippen LogP contribution in [0.2, 0.25) is 0 Å². The summed E-state index contributed by atoms with van der Waals surface area (Å²) in [5, 5.41) is 3.17. The van der Waals surface area contributed by atoms with E-state index in [-0.39, 0.29) is 0 Å². The van der Waals surface area contributed by atoms with Gasteiger partial charge in [-0.2, -0.15) is 0 Å². The van der Waals surface area contributed by atoms with Gasteiger partial charge >= 0.3 is 0 Å². The van der Waals surface area contributed by atoms with Crippen molar-refractivity contribution in [2.75, 3.05) is 39.2 Å². The number of oxazole rings is 1. The van der Waals surface area contributed by atoms with E-state index in [4.69, 9.17) is 13.9 Å². The quantitative estimate of drug-likeness (QED) is 0.486. The molecule has 1 N–H and O–H groups in total. The highest BCUT2D eigenvalue weighted by molar-refractivity contribution is 5.63. The van der Waals surface area contributed by atoms with Crippen molar-refractivity contribution >= 4 is 17.4 Å². The Bertz CT molecular complexity index is 923. The molecule has 0 aliphatic rings. The predicted molar refractivity (Wildman–Crippen MR) is 118 cm³/mol. The average Bonchev–Trinajstić information content (AvgIpc) is 3.24. The molecule has 0 saturated carbocycles. The van der Waals surface area contributed by atoms with E-state index in [1.54, 1.807) is 20.4 Å². The van der Waals surface area contributed by atoms with Crippen molar-refractivity contribution in [2.45, 2.75) is 20.8 Å². The lowest BCUT2D eigenvalue weighted by molar-refractivity contribution is 0.316. The summed E-state index contributed by atoms with van der Waals surface area (Å²) in [5.74, 6) is 2.04. The van der Waals surface area contributed by atoms with Crippen LogP contribution in [-0.4, -0.2) is 38.8 Å². The Labute approximate surface area is 172 Å². The van der Waals surface area contributed by atoms with Crippen LogP contribution in [0.4, 0.5) is 17.4 Å². The number of hydrogen-bond donors (Lipinski definition) is 1. The Hall–Kier alpha value is -2.99. The Morgan fingerprint density at radius 3 is 2.14 bits per heavy atom. The molecule has 0 aliphatic heterocycles. The van der Waals surface area contributed by atoms with Crippen molar-refractivity contribution < 1.29 is 13.9 Å². The average molecular weight is 397 g/mol. The largest absolute Gasteiger partial charge is 0.493 e. The molecule has 154 valence electrons. The number of benzene rings is 2. The van der Waals surface area contributed by atoms with Crippen molar-refractivity contribution in [3.05, 3.63) is 48.7 Å². The highest BCUT2D eigenvalue weighted by Crippen LogP contribution is 2.32. The number of nitrogens with one attached hydrogen (secondary N) is 1. The minimum atomic E-state index is 0.428. The van der Waals surface area contributed by atoms with Crippen LogP contribution < -0.4 is 19.3 Å². The standard InChI is InChI=1S/C23H30N3O3/c1-6-26(7-2,8-3)19-12-9-17(10-13-19)22-16-24-23(29-22)25-18-11-14-20(27-4)21(15-18)28-5/h9-16H,6-8H2,1-5H3,(H,24,25)/q+1. The summed E-state index contributed by atoms with van der Waals surface area (Å²) in [6.07, 6.45) is 1.74. The van der Waals surface area contributed by atoms with Crippen LogP contribution in [0.5, 0.6) is 11.5 Å². The number of aromatic nitrogens is 1. The first-order chi connectivity index (χ1) is 14.1. The number of nitrogens with zero attached hydrogens (tertiary/aromatic N) is 2. The molecule has 3 aromatic rings. The molecule has 29 heavy (non-hydrogen) atoms. The third-order valence-corrected chi connectivity index (χ3v) is 5.66. The highest BCUT2D eigenvalue weighted by atomic mass is 16.5. The van der Waals surface area contributed by atoms with Crippen LogP contribution in [0, 0.1) is 0 Å². The first-order valence-electron chi connectivity index (χ1n) is 10.0. The van der Waals surface area contributed by atoms with Crippen LogP contribution in [0.1, 0.15) is 20.8 Å². The zero-order chi connectivity index (χ0) is 20.9. The lowest BCUT2D eigenvalue weighted by atomic mass is 10.1. The predicted octanol–water partition coefficient (Wildman–Crippen LogP) is 5.47. The van der Waals surface area contributed by atoms with E-state index in [1.807, 2.05) is 18.2 Å². The maximum absolute atomic E-state index is 5.91. The zero-order valence-electron chi connectivity index (χ0n) is 17.9. The monoisotopic (exact) mass is 396 g/mol. The van der Waals surface area contributed by atoms with E-state index in [9.17, 15) is 0 Å². The summed E-state index contributed by atoms with van der Waals surface area (Å²) in [5.41, 5.74) is 3.13. The molecule has 6 heteroatoms. The molecule has 0 bridgehead atoms. The van der Waals surface area contributed by atoms with Crippen LogP contribution in [0.15, 0.2) is 53.1 Å². The second-order valence-corrected chi connectivity index (χ2v) is 6.87. The van der Waals surface area contributed by atoms with Gasteiger partial charge in [0.05, 0.1) is 40.1 Å². The highest BCUT2D eigenvalue weighted by Gasteiger charge is 2.24. The van der Waals surface area contributed by atoms with Gasteiger partial charge in [-0.05, 0) is 57.2 Å². The fraction of sp³-hybridized carbons (Fsp3) is 0.348. The van der Waals surface area contributed by atoms with Gasteiger partial charge in [-0.25, -0.2) is 4.98 Å². The van der Waals surface area contributed by atoms with Gasteiger partial charge in [0.25, 0.3) is 6.01 Å². The number of anilines is 2. The van der Waals surface area contributed by atoms with Gasteiger partial charge in [-0.1, -0.05) is 0 Å². The summed E-state index contributed by atoms with van der Waals surface area (Å²) < 4.78 is 17.5. The van der Waals surface area contributed by atoms with E-state index >= 15 is 0 Å². The van der Waals surface area contributed by atoms with E-state index in [0.29, 0.717) is 17.5 Å². The fourth-order valence-corrected chi connectivity index (χ4v) is 3.66. The van der Waals surface area contributed by atoms with Crippen molar-refractivity contribution in [1.82, 2.24) is 9.47 Å². The normalized spacial score (nSPS) is 11.3. The Balaban J connectivity index is 1.78. The number of rotatable bonds is 9. The molecule has 1 heterocycles. The lowest BCUT2D eigenvalue weighted by Crippen LogP contribution is -2.48. The van der Waals surface area contributed by atoms with Gasteiger partial charge < -0.3 is 19.2 Å². The molecule has 3 rings (SSSR count). The smallest absolute Gasteiger partial charge is 0.299 e. The van der Waals surface area contributed by atoms with E-state index in [1.165, 1.54) is 5.69 Å². The number of methoxy groups -OCH3 is 2. The maximum Gasteiger partial charge on any atom is 0.299 e. The molecule has 6 nitrogen and oxygen atoms in total. The molecule has 0 radical (unpaired) electrons. The molecule has 0 aliphatic carbocycles. The van der Waals surface area contributed by atoms with Gasteiger partial charge in [0.15, 0.2) is 17.3 Å². The molecular formula is C23H30N3O3+. The zero-order valence-corrected chi connectivity index (χ0v) is 17.9. The fourth-order valence-electron chi connectivity index (χ4n) is 3.66. The SMILES string of the molecule is CC[N+](CC)(CC)c1ccc(-c2cnc(Nc3ccc(OC)c(OC)c3)o2)cc1. The molecule has 0 fully saturated rings. The summed E-state index contributed by atoms with van der Waals surface area (Å²) in [6.45, 7) is 9.95. The first-order valence-corrected chi connectivity index (χ1v) is 10.0. The van der Waals surface area contributed by atoms with Crippen LogP contribution in [0.3, 0.4) is 0 Å². The number of quaternary nitrogens is 1. The second kappa shape index (κ2) is 9.01. The lowest BCUT2D eigenvalue weighted by Gasteiger charge is -2.35. The topological polar surface area (TPSA) is 56.5 Å². The van der Waals surface area contributed by atoms with Gasteiger partial charge in [0.1, 0.15) is 5.69 Å². The molecule has 1 aromatic heterocycles. The maximum atomic E-state index is 5.91. The summed E-state index contributed by atoms with van der Waals surface area (Å²) in [6, 6.07) is 14.6. The van der Waals surface area contributed by atoms with Gasteiger partial charge in [0, 0.05) is 17.3 Å². The van der Waals surface area contributed by atoms with Crippen LogP contribution >= 0.6 is 0 Å². The van der Waals surface area contributed by atoms with Gasteiger partial charge in [0.2, 0.25) is 0 Å². The van der Waals surface area contributed by atoms with Crippen molar-refractivity contribution in [3.63, 3.8) is 0 Å². The van der Waals surface area contributed by atoms with Crippen LogP contribution in [0.25, 0.3) is 11.3 Å². The minimum Gasteiger partial charge on any atom is -0.493 e. The van der Waals surface area contributed by atoms with Gasteiger partial charge in [-0.15, -0.1) is 0 Å².